The van der Waals surface area contributed by atoms with Crippen molar-refractivity contribution in [1.82, 2.24) is 37.2 Å². The fourth-order valence-corrected chi connectivity index (χ4v) is 6.69. The summed E-state index contributed by atoms with van der Waals surface area (Å²) in [6.45, 7) is 15.8. The Balaban J connectivity index is 1.63. The standard InChI is InChI=1S/C44H67N7O10/c1-24(2)21-31-42(58)60-32(13-11-15-34(53)46-23-36(55)49-28(7)44(8,9)43(59)50-31)26(5)38-39(61-38)30-19-17-29(18-20-30)22-47-40(56)27(6)48-41(57)37(25(3)4)51-35(54)16-12-14-33(52)45-10/h11,15,17-20,24-28,31-32,37-39H,12-14,16,21-23H2,1-10H3,(H,45,52)(H,46,53)(H,47,56)(H,48,57)(H,49,55)(H,50,59)(H,51,54)/b15-11+/t26?,27?,28?,31-,32-,37-,38+,39+/m0/s1. The zero-order valence-corrected chi connectivity index (χ0v) is 37.3. The zero-order valence-electron chi connectivity index (χ0n) is 37.3. The predicted octanol–water partition coefficient (Wildman–Crippen LogP) is 1.99. The number of hydrogen-bond acceptors (Lipinski definition) is 10. The van der Waals surface area contributed by atoms with E-state index in [0.29, 0.717) is 12.8 Å². The fourth-order valence-electron chi connectivity index (χ4n) is 6.69. The van der Waals surface area contributed by atoms with Crippen molar-refractivity contribution in [3.05, 3.63) is 47.5 Å². The lowest BCUT2D eigenvalue weighted by Gasteiger charge is -2.33. The molecule has 17 nitrogen and oxygen atoms in total. The zero-order chi connectivity index (χ0) is 45.6. The van der Waals surface area contributed by atoms with Crippen molar-refractivity contribution in [2.24, 2.45) is 23.2 Å². The second-order valence-corrected chi connectivity index (χ2v) is 17.4. The van der Waals surface area contributed by atoms with Crippen molar-refractivity contribution in [2.45, 2.75) is 143 Å². The molecule has 0 saturated carbocycles. The van der Waals surface area contributed by atoms with E-state index in [1.54, 1.807) is 47.6 Å². The summed E-state index contributed by atoms with van der Waals surface area (Å²) < 4.78 is 12.2. The van der Waals surface area contributed by atoms with Crippen LogP contribution in [0.4, 0.5) is 0 Å². The summed E-state index contributed by atoms with van der Waals surface area (Å²) >= 11 is 0. The van der Waals surface area contributed by atoms with Crippen LogP contribution in [0.5, 0.6) is 0 Å². The fraction of sp³-hybridized carbons (Fsp3) is 0.636. The quantitative estimate of drug-likeness (QED) is 0.0943. The number of cyclic esters (lactones) is 1. The molecule has 7 N–H and O–H groups in total. The molecule has 2 aliphatic rings. The molecule has 0 aliphatic carbocycles. The van der Waals surface area contributed by atoms with Crippen molar-refractivity contribution < 1.29 is 47.8 Å². The van der Waals surface area contributed by atoms with E-state index in [4.69, 9.17) is 9.47 Å². The lowest BCUT2D eigenvalue weighted by Crippen LogP contribution is -2.56. The molecule has 0 aromatic heterocycles. The monoisotopic (exact) mass is 853 g/mol. The van der Waals surface area contributed by atoms with E-state index < -0.39 is 71.2 Å². The molecular weight excluding hydrogens is 787 g/mol. The van der Waals surface area contributed by atoms with Crippen LogP contribution in [0.25, 0.3) is 0 Å². The first-order chi connectivity index (χ1) is 28.6. The Morgan fingerprint density at radius 3 is 2.16 bits per heavy atom. The van der Waals surface area contributed by atoms with Crippen LogP contribution in [-0.4, -0.2) is 97.3 Å². The molecule has 17 heteroatoms. The summed E-state index contributed by atoms with van der Waals surface area (Å²) in [6.07, 6.45) is 2.66. The molecule has 1 aromatic rings. The molecule has 3 rings (SSSR count). The Hall–Kier alpha value is -5.32. The predicted molar refractivity (Wildman–Crippen MR) is 227 cm³/mol. The maximum absolute atomic E-state index is 13.8. The second-order valence-electron chi connectivity index (χ2n) is 17.4. The maximum atomic E-state index is 13.8. The first kappa shape index (κ1) is 50.0. The molecule has 0 spiro atoms. The summed E-state index contributed by atoms with van der Waals surface area (Å²) in [7, 11) is 1.52. The number of carbonyl (C=O) groups excluding carboxylic acids is 8. The molecule has 0 bridgehead atoms. The van der Waals surface area contributed by atoms with Crippen LogP contribution in [0.2, 0.25) is 0 Å². The summed E-state index contributed by atoms with van der Waals surface area (Å²) in [5.41, 5.74) is 0.576. The SMILES string of the molecule is CNC(=O)CCCC(=O)N[C@H](C(=O)NC(C)C(=O)NCc1ccc([C@H]2O[C@@H]2C(C)[C@@H]2C/C=C/C(=O)NCC(=O)NC(C)C(C)(C)C(=O)N[C@@H](CC(C)C)C(=O)O2)cc1)C(C)C. The lowest BCUT2D eigenvalue weighted by molar-refractivity contribution is -0.157. The van der Waals surface area contributed by atoms with E-state index in [2.05, 4.69) is 37.2 Å². The van der Waals surface area contributed by atoms with Gasteiger partial charge in [0.05, 0.1) is 18.1 Å². The number of carbonyl (C=O) groups is 8. The van der Waals surface area contributed by atoms with Crippen LogP contribution >= 0.6 is 0 Å². The highest BCUT2D eigenvalue weighted by Crippen LogP contribution is 2.45. The molecule has 1 aromatic carbocycles. The highest BCUT2D eigenvalue weighted by Gasteiger charge is 2.48. The van der Waals surface area contributed by atoms with Crippen molar-refractivity contribution >= 4 is 47.3 Å². The van der Waals surface area contributed by atoms with Gasteiger partial charge in [-0.1, -0.05) is 65.0 Å². The molecule has 338 valence electrons. The van der Waals surface area contributed by atoms with Gasteiger partial charge >= 0.3 is 5.97 Å². The van der Waals surface area contributed by atoms with Crippen LogP contribution in [-0.2, 0) is 54.4 Å². The Kier molecular flexibility index (Phi) is 18.9. The first-order valence-electron chi connectivity index (χ1n) is 21.2. The van der Waals surface area contributed by atoms with Gasteiger partial charge in [-0.05, 0) is 69.6 Å². The van der Waals surface area contributed by atoms with Crippen molar-refractivity contribution in [3.63, 3.8) is 0 Å². The largest absolute Gasteiger partial charge is 0.460 e. The summed E-state index contributed by atoms with van der Waals surface area (Å²) in [4.78, 5) is 102. The van der Waals surface area contributed by atoms with Gasteiger partial charge in [-0.3, -0.25) is 33.6 Å². The normalized spacial score (nSPS) is 24.2. The molecule has 1 saturated heterocycles. The number of hydrogen-bond donors (Lipinski definition) is 7. The minimum atomic E-state index is -1.10. The number of ether oxygens (including phenoxy) is 2. The van der Waals surface area contributed by atoms with Gasteiger partial charge in [0.2, 0.25) is 41.4 Å². The Morgan fingerprint density at radius 1 is 0.885 bits per heavy atom. The Labute approximate surface area is 359 Å². The third kappa shape index (κ3) is 15.6. The minimum Gasteiger partial charge on any atom is -0.460 e. The van der Waals surface area contributed by atoms with E-state index in [1.165, 1.54) is 13.1 Å². The Bertz CT molecular complexity index is 1760. The first-order valence-corrected chi connectivity index (χ1v) is 21.2. The van der Waals surface area contributed by atoms with Gasteiger partial charge < -0.3 is 46.7 Å². The molecule has 2 heterocycles. The van der Waals surface area contributed by atoms with E-state index in [-0.39, 0.29) is 74.1 Å². The van der Waals surface area contributed by atoms with Gasteiger partial charge in [0.25, 0.3) is 0 Å². The molecule has 7 amide bonds. The van der Waals surface area contributed by atoms with E-state index in [0.717, 1.165) is 11.1 Å². The Morgan fingerprint density at radius 2 is 1.54 bits per heavy atom. The average Bonchev–Trinajstić information content (AvgIpc) is 4.00. The van der Waals surface area contributed by atoms with Crippen molar-refractivity contribution in [2.75, 3.05) is 13.6 Å². The van der Waals surface area contributed by atoms with Gasteiger partial charge in [-0.2, -0.15) is 0 Å². The molecule has 3 unspecified atom stereocenters. The van der Waals surface area contributed by atoms with Crippen molar-refractivity contribution in [3.8, 4) is 0 Å². The second kappa shape index (κ2) is 23.0. The molecular formula is C44H67N7O10. The van der Waals surface area contributed by atoms with Gasteiger partial charge in [-0.25, -0.2) is 4.79 Å². The summed E-state index contributed by atoms with van der Waals surface area (Å²) in [5, 5.41) is 18.9. The lowest BCUT2D eigenvalue weighted by atomic mass is 9.83. The van der Waals surface area contributed by atoms with Crippen LogP contribution < -0.4 is 37.2 Å². The number of nitrogens with one attached hydrogen (secondary N) is 7. The number of benzene rings is 1. The summed E-state index contributed by atoms with van der Waals surface area (Å²) in [6, 6.07) is 4.17. The van der Waals surface area contributed by atoms with Crippen LogP contribution in [0.3, 0.4) is 0 Å². The third-order valence-electron chi connectivity index (χ3n) is 11.2. The van der Waals surface area contributed by atoms with Gasteiger partial charge in [-0.15, -0.1) is 0 Å². The third-order valence-corrected chi connectivity index (χ3v) is 11.2. The highest BCUT2D eigenvalue weighted by molar-refractivity contribution is 5.93. The smallest absolute Gasteiger partial charge is 0.328 e. The van der Waals surface area contributed by atoms with Crippen molar-refractivity contribution in [1.29, 1.82) is 0 Å². The average molecular weight is 854 g/mol. The highest BCUT2D eigenvalue weighted by atomic mass is 16.6. The molecule has 0 radical (unpaired) electrons. The van der Waals surface area contributed by atoms with E-state index in [1.807, 2.05) is 45.0 Å². The molecule has 1 fully saturated rings. The van der Waals surface area contributed by atoms with E-state index >= 15 is 0 Å². The molecule has 8 atom stereocenters. The van der Waals surface area contributed by atoms with Gasteiger partial charge in [0.1, 0.15) is 30.3 Å². The minimum absolute atomic E-state index is 0.0438. The van der Waals surface area contributed by atoms with Crippen LogP contribution in [0, 0.1) is 23.2 Å². The molecule has 2 aliphatic heterocycles. The van der Waals surface area contributed by atoms with Gasteiger partial charge in [0, 0.05) is 44.8 Å². The van der Waals surface area contributed by atoms with E-state index in [9.17, 15) is 38.4 Å². The van der Waals surface area contributed by atoms with Crippen LogP contribution in [0.15, 0.2) is 36.4 Å². The molecule has 61 heavy (non-hydrogen) atoms. The number of rotatable bonds is 16. The number of amides is 7. The topological polar surface area (TPSA) is 243 Å². The summed E-state index contributed by atoms with van der Waals surface area (Å²) in [5.74, 6) is -3.94. The van der Waals surface area contributed by atoms with Crippen LogP contribution in [0.1, 0.15) is 112 Å². The number of epoxide rings is 1. The number of esters is 1. The maximum Gasteiger partial charge on any atom is 0.328 e. The van der Waals surface area contributed by atoms with Gasteiger partial charge in [0.15, 0.2) is 0 Å².